The van der Waals surface area contributed by atoms with E-state index in [2.05, 4.69) is 0 Å². The van der Waals surface area contributed by atoms with Gasteiger partial charge in [-0.05, 0) is 12.5 Å². The molecule has 0 fully saturated rings. The van der Waals surface area contributed by atoms with Crippen LogP contribution in [0.25, 0.3) is 0 Å². The molecule has 0 radical (unpaired) electrons. The standard InChI is InChI=1S/C10H16N2O3S/c1-4-8(10(11)13)9-5-7(6-12(9)2)16(3,14)15/h5-6,8H,4H2,1-3H3,(H2,11,13)/t8-/m1/s1. The van der Waals surface area contributed by atoms with E-state index in [0.717, 1.165) is 6.26 Å². The molecule has 1 amide bonds. The molecule has 90 valence electrons. The fraction of sp³-hybridized carbons (Fsp3) is 0.500. The maximum absolute atomic E-state index is 11.3. The van der Waals surface area contributed by atoms with Gasteiger partial charge in [-0.2, -0.15) is 0 Å². The number of primary amides is 1. The molecule has 1 rings (SSSR count). The molecule has 0 aromatic carbocycles. The Morgan fingerprint density at radius 2 is 2.12 bits per heavy atom. The van der Waals surface area contributed by atoms with Crippen LogP contribution in [0.2, 0.25) is 0 Å². The van der Waals surface area contributed by atoms with Gasteiger partial charge in [0.05, 0.1) is 10.8 Å². The maximum atomic E-state index is 11.3. The van der Waals surface area contributed by atoms with E-state index in [1.54, 1.807) is 11.6 Å². The van der Waals surface area contributed by atoms with Crippen LogP contribution in [-0.4, -0.2) is 25.1 Å². The largest absolute Gasteiger partial charge is 0.369 e. The van der Waals surface area contributed by atoms with Gasteiger partial charge in [-0.3, -0.25) is 4.79 Å². The number of sulfone groups is 1. The number of aryl methyl sites for hydroxylation is 1. The van der Waals surface area contributed by atoms with Crippen LogP contribution in [0.15, 0.2) is 17.2 Å². The Morgan fingerprint density at radius 1 is 1.56 bits per heavy atom. The van der Waals surface area contributed by atoms with Crippen molar-refractivity contribution < 1.29 is 13.2 Å². The SMILES string of the molecule is CC[C@@H](C(N)=O)c1cc(S(C)(=O)=O)cn1C. The average Bonchev–Trinajstić information content (AvgIpc) is 2.48. The Kier molecular flexibility index (Phi) is 3.42. The summed E-state index contributed by atoms with van der Waals surface area (Å²) in [5, 5.41) is 0. The maximum Gasteiger partial charge on any atom is 0.226 e. The summed E-state index contributed by atoms with van der Waals surface area (Å²) in [6.45, 7) is 1.84. The summed E-state index contributed by atoms with van der Waals surface area (Å²) in [4.78, 5) is 11.4. The number of carbonyl (C=O) groups is 1. The smallest absolute Gasteiger partial charge is 0.226 e. The molecule has 0 saturated carbocycles. The molecule has 2 N–H and O–H groups in total. The van der Waals surface area contributed by atoms with Gasteiger partial charge in [0.25, 0.3) is 0 Å². The molecular weight excluding hydrogens is 228 g/mol. The highest BCUT2D eigenvalue weighted by molar-refractivity contribution is 7.90. The summed E-state index contributed by atoms with van der Waals surface area (Å²) in [5.41, 5.74) is 5.90. The van der Waals surface area contributed by atoms with E-state index in [1.165, 1.54) is 12.3 Å². The molecule has 5 nitrogen and oxygen atoms in total. The molecule has 1 aromatic rings. The number of nitrogens with two attached hydrogens (primary N) is 1. The van der Waals surface area contributed by atoms with E-state index in [4.69, 9.17) is 5.73 Å². The quantitative estimate of drug-likeness (QED) is 0.832. The highest BCUT2D eigenvalue weighted by Gasteiger charge is 2.21. The average molecular weight is 244 g/mol. The fourth-order valence-corrected chi connectivity index (χ4v) is 2.34. The summed E-state index contributed by atoms with van der Waals surface area (Å²) in [6.07, 6.45) is 3.18. The van der Waals surface area contributed by atoms with Crippen LogP contribution < -0.4 is 5.73 Å². The van der Waals surface area contributed by atoms with Gasteiger partial charge < -0.3 is 10.3 Å². The third-order valence-electron chi connectivity index (χ3n) is 2.56. The van der Waals surface area contributed by atoms with Gasteiger partial charge in [-0.25, -0.2) is 8.42 Å². The molecule has 0 aliphatic carbocycles. The third-order valence-corrected chi connectivity index (χ3v) is 3.63. The second kappa shape index (κ2) is 4.29. The summed E-state index contributed by atoms with van der Waals surface area (Å²) in [6, 6.07) is 1.51. The van der Waals surface area contributed by atoms with Crippen molar-refractivity contribution in [1.29, 1.82) is 0 Å². The molecular formula is C10H16N2O3S. The minimum Gasteiger partial charge on any atom is -0.369 e. The second-order valence-corrected chi connectivity index (χ2v) is 5.86. The van der Waals surface area contributed by atoms with E-state index in [9.17, 15) is 13.2 Å². The highest BCUT2D eigenvalue weighted by Crippen LogP contribution is 2.23. The van der Waals surface area contributed by atoms with E-state index in [-0.39, 0.29) is 4.90 Å². The predicted octanol–water partition coefficient (Wildman–Crippen LogP) is 0.407. The van der Waals surface area contributed by atoms with Crippen LogP contribution in [0.5, 0.6) is 0 Å². The van der Waals surface area contributed by atoms with Gasteiger partial charge >= 0.3 is 0 Å². The summed E-state index contributed by atoms with van der Waals surface area (Å²) in [5.74, 6) is -0.885. The Balaban J connectivity index is 3.26. The first-order chi connectivity index (χ1) is 7.27. The highest BCUT2D eigenvalue weighted by atomic mass is 32.2. The summed E-state index contributed by atoms with van der Waals surface area (Å²) < 4.78 is 24.3. The van der Waals surface area contributed by atoms with Crippen molar-refractivity contribution in [3.05, 3.63) is 18.0 Å². The van der Waals surface area contributed by atoms with Crippen LogP contribution in [0.3, 0.4) is 0 Å². The monoisotopic (exact) mass is 244 g/mol. The number of carbonyl (C=O) groups excluding carboxylic acids is 1. The lowest BCUT2D eigenvalue weighted by molar-refractivity contribution is -0.119. The molecule has 0 bridgehead atoms. The molecule has 0 aliphatic rings. The topological polar surface area (TPSA) is 82.2 Å². The minimum absolute atomic E-state index is 0.213. The molecule has 1 aromatic heterocycles. The first kappa shape index (κ1) is 12.8. The van der Waals surface area contributed by atoms with Crippen LogP contribution in [-0.2, 0) is 21.7 Å². The van der Waals surface area contributed by atoms with Gasteiger partial charge in [0.2, 0.25) is 5.91 Å². The van der Waals surface area contributed by atoms with Crippen molar-refractivity contribution >= 4 is 15.7 Å². The molecule has 1 heterocycles. The zero-order valence-corrected chi connectivity index (χ0v) is 10.4. The van der Waals surface area contributed by atoms with Crippen molar-refractivity contribution in [1.82, 2.24) is 4.57 Å². The van der Waals surface area contributed by atoms with Crippen molar-refractivity contribution in [2.24, 2.45) is 12.8 Å². The molecule has 0 unspecified atom stereocenters. The van der Waals surface area contributed by atoms with Gasteiger partial charge in [0, 0.05) is 25.2 Å². The zero-order chi connectivity index (χ0) is 12.5. The Bertz CT molecular complexity index is 502. The normalized spacial score (nSPS) is 13.7. The lowest BCUT2D eigenvalue weighted by Gasteiger charge is -2.11. The summed E-state index contributed by atoms with van der Waals surface area (Å²) in [7, 11) is -1.54. The number of hydrogen-bond acceptors (Lipinski definition) is 3. The number of aromatic nitrogens is 1. The van der Waals surface area contributed by atoms with Crippen molar-refractivity contribution in [2.75, 3.05) is 6.26 Å². The second-order valence-electron chi connectivity index (χ2n) is 3.85. The Morgan fingerprint density at radius 3 is 2.44 bits per heavy atom. The zero-order valence-electron chi connectivity index (χ0n) is 9.60. The van der Waals surface area contributed by atoms with Gasteiger partial charge in [-0.1, -0.05) is 6.92 Å². The van der Waals surface area contributed by atoms with E-state index in [1.807, 2.05) is 6.92 Å². The van der Waals surface area contributed by atoms with Crippen molar-refractivity contribution in [3.63, 3.8) is 0 Å². The third kappa shape index (κ3) is 2.44. The first-order valence-electron chi connectivity index (χ1n) is 4.93. The molecule has 0 spiro atoms. The molecule has 6 heteroatoms. The lowest BCUT2D eigenvalue weighted by atomic mass is 10.0. The Hall–Kier alpha value is -1.30. The summed E-state index contributed by atoms with van der Waals surface area (Å²) >= 11 is 0. The van der Waals surface area contributed by atoms with Crippen LogP contribution in [0.1, 0.15) is 25.0 Å². The van der Waals surface area contributed by atoms with E-state index >= 15 is 0 Å². The minimum atomic E-state index is -3.24. The van der Waals surface area contributed by atoms with Crippen LogP contribution in [0.4, 0.5) is 0 Å². The van der Waals surface area contributed by atoms with E-state index in [0.29, 0.717) is 12.1 Å². The molecule has 0 saturated heterocycles. The lowest BCUT2D eigenvalue weighted by Crippen LogP contribution is -2.22. The van der Waals surface area contributed by atoms with Crippen molar-refractivity contribution in [3.8, 4) is 0 Å². The molecule has 0 aliphatic heterocycles. The number of hydrogen-bond donors (Lipinski definition) is 1. The molecule has 16 heavy (non-hydrogen) atoms. The van der Waals surface area contributed by atoms with E-state index < -0.39 is 21.7 Å². The van der Waals surface area contributed by atoms with Crippen molar-refractivity contribution in [2.45, 2.75) is 24.2 Å². The first-order valence-corrected chi connectivity index (χ1v) is 6.82. The van der Waals surface area contributed by atoms with Gasteiger partial charge in [-0.15, -0.1) is 0 Å². The van der Waals surface area contributed by atoms with Crippen LogP contribution in [0, 0.1) is 0 Å². The Labute approximate surface area is 95.2 Å². The van der Waals surface area contributed by atoms with Gasteiger partial charge in [0.1, 0.15) is 0 Å². The fourth-order valence-electron chi connectivity index (χ4n) is 1.66. The van der Waals surface area contributed by atoms with Gasteiger partial charge in [0.15, 0.2) is 9.84 Å². The number of nitrogens with zero attached hydrogens (tertiary/aromatic N) is 1. The number of rotatable bonds is 4. The predicted molar refractivity (Wildman–Crippen MR) is 60.7 cm³/mol. The molecule has 1 atom stereocenters. The van der Waals surface area contributed by atoms with Crippen LogP contribution >= 0.6 is 0 Å². The number of amides is 1.